The van der Waals surface area contributed by atoms with E-state index < -0.39 is 52.6 Å². The molecule has 3 heterocycles. The smallest absolute Gasteiger partial charge is 0.320 e. The van der Waals surface area contributed by atoms with Gasteiger partial charge in [0.15, 0.2) is 11.4 Å². The van der Waals surface area contributed by atoms with Crippen LogP contribution >= 0.6 is 0 Å². The van der Waals surface area contributed by atoms with E-state index >= 15 is 0 Å². The summed E-state index contributed by atoms with van der Waals surface area (Å²) >= 11 is 0. The molecule has 2 spiro atoms. The maximum absolute atomic E-state index is 13.8. The SMILES string of the molecule is C=C1C2(O)CC(C)C3(CC(c4ccoc4)OC3=O)C(=O)C2CC(OC(C)=O)C12CO2. The summed E-state index contributed by atoms with van der Waals surface area (Å²) in [6.07, 6.45) is 2.11. The molecule has 8 nitrogen and oxygen atoms in total. The first-order chi connectivity index (χ1) is 14.1. The predicted octanol–water partition coefficient (Wildman–Crippen LogP) is 1.87. The Morgan fingerprint density at radius 2 is 2.07 bits per heavy atom. The lowest BCUT2D eigenvalue weighted by molar-refractivity contribution is -0.180. The van der Waals surface area contributed by atoms with Gasteiger partial charge in [0.2, 0.25) is 0 Å². The number of carbonyl (C=O) groups is 3. The maximum atomic E-state index is 13.8. The minimum atomic E-state index is -1.52. The molecule has 2 saturated heterocycles. The molecule has 0 radical (unpaired) electrons. The molecule has 2 aliphatic heterocycles. The first-order valence-corrected chi connectivity index (χ1v) is 10.2. The first kappa shape index (κ1) is 19.5. The number of ketones is 1. The fourth-order valence-electron chi connectivity index (χ4n) is 5.84. The highest BCUT2D eigenvalue weighted by molar-refractivity contribution is 6.08. The standard InChI is InChI=1S/C22H24O8/c1-11-7-21(26)12(2)22(10-28-22)17(29-13(3)23)6-15(21)18(24)20(11)8-16(30-19(20)25)14-4-5-27-9-14/h4-5,9,11,15-17,26H,2,6-8,10H2,1,3H3. The summed E-state index contributed by atoms with van der Waals surface area (Å²) < 4.78 is 21.7. The van der Waals surface area contributed by atoms with Crippen LogP contribution in [0.5, 0.6) is 0 Å². The number of cyclic esters (lactones) is 1. The van der Waals surface area contributed by atoms with E-state index in [1.54, 1.807) is 13.0 Å². The van der Waals surface area contributed by atoms with Gasteiger partial charge in [0.25, 0.3) is 0 Å². The van der Waals surface area contributed by atoms with Crippen molar-refractivity contribution >= 4 is 17.7 Å². The van der Waals surface area contributed by atoms with E-state index in [4.69, 9.17) is 18.6 Å². The monoisotopic (exact) mass is 416 g/mol. The van der Waals surface area contributed by atoms with Gasteiger partial charge < -0.3 is 23.7 Å². The average Bonchev–Trinajstić information content (AvgIpc) is 3.12. The molecule has 4 aliphatic rings. The van der Waals surface area contributed by atoms with Gasteiger partial charge in [-0.25, -0.2) is 0 Å². The third-order valence-electron chi connectivity index (χ3n) is 7.59. The van der Waals surface area contributed by atoms with Crippen LogP contribution in [0.1, 0.15) is 44.8 Å². The zero-order valence-electron chi connectivity index (χ0n) is 16.9. The molecule has 7 unspecified atom stereocenters. The molecule has 0 amide bonds. The molecule has 2 saturated carbocycles. The van der Waals surface area contributed by atoms with E-state index in [0.29, 0.717) is 11.1 Å². The van der Waals surface area contributed by atoms with Gasteiger partial charge >= 0.3 is 11.9 Å². The van der Waals surface area contributed by atoms with Crippen molar-refractivity contribution in [3.63, 3.8) is 0 Å². The quantitative estimate of drug-likeness (QED) is 0.336. The predicted molar refractivity (Wildman–Crippen MR) is 99.8 cm³/mol. The van der Waals surface area contributed by atoms with Crippen molar-refractivity contribution in [3.05, 3.63) is 36.3 Å². The highest BCUT2D eigenvalue weighted by Crippen LogP contribution is 2.62. The number of esters is 2. The van der Waals surface area contributed by atoms with Crippen LogP contribution in [0.2, 0.25) is 0 Å². The molecule has 1 aromatic rings. The summed E-state index contributed by atoms with van der Waals surface area (Å²) in [7, 11) is 0. The van der Waals surface area contributed by atoms with Gasteiger partial charge in [-0.1, -0.05) is 13.5 Å². The number of hydrogen-bond acceptors (Lipinski definition) is 8. The first-order valence-electron chi connectivity index (χ1n) is 10.2. The lowest BCUT2D eigenvalue weighted by atomic mass is 9.50. The van der Waals surface area contributed by atoms with E-state index in [-0.39, 0.29) is 31.7 Å². The molecular weight excluding hydrogens is 392 g/mol. The van der Waals surface area contributed by atoms with Crippen LogP contribution in [0.15, 0.2) is 35.2 Å². The van der Waals surface area contributed by atoms with Crippen molar-refractivity contribution in [1.82, 2.24) is 0 Å². The van der Waals surface area contributed by atoms with Crippen LogP contribution in [0, 0.1) is 17.3 Å². The largest absolute Gasteiger partial charge is 0.472 e. The zero-order chi connectivity index (χ0) is 21.5. The number of fused-ring (bicyclic) bond motifs is 1. The zero-order valence-corrected chi connectivity index (χ0v) is 16.9. The second-order valence-corrected chi connectivity index (χ2v) is 9.06. The van der Waals surface area contributed by atoms with Gasteiger partial charge in [0.1, 0.15) is 17.6 Å². The molecule has 0 aromatic carbocycles. The van der Waals surface area contributed by atoms with Crippen molar-refractivity contribution in [1.29, 1.82) is 0 Å². The molecule has 1 aromatic heterocycles. The Balaban J connectivity index is 1.52. The lowest BCUT2D eigenvalue weighted by Crippen LogP contribution is -2.66. The Hall–Kier alpha value is -2.45. The summed E-state index contributed by atoms with van der Waals surface area (Å²) in [6.45, 7) is 7.41. The van der Waals surface area contributed by atoms with Crippen molar-refractivity contribution in [2.45, 2.75) is 56.5 Å². The Bertz CT molecular complexity index is 944. The van der Waals surface area contributed by atoms with E-state index in [1.165, 1.54) is 19.5 Å². The van der Waals surface area contributed by atoms with Crippen LogP contribution in [0.4, 0.5) is 0 Å². The Kier molecular flexibility index (Phi) is 3.93. The number of rotatable bonds is 2. The van der Waals surface area contributed by atoms with Crippen molar-refractivity contribution in [2.75, 3.05) is 6.61 Å². The third-order valence-corrected chi connectivity index (χ3v) is 7.59. The molecule has 0 bridgehead atoms. The number of epoxide rings is 1. The molecule has 1 N–H and O–H groups in total. The van der Waals surface area contributed by atoms with Gasteiger partial charge in [-0.05, 0) is 24.0 Å². The summed E-state index contributed by atoms with van der Waals surface area (Å²) in [5.41, 5.74) is -2.81. The minimum absolute atomic E-state index is 0.0755. The van der Waals surface area contributed by atoms with Gasteiger partial charge in [-0.3, -0.25) is 14.4 Å². The van der Waals surface area contributed by atoms with Crippen molar-refractivity contribution < 1.29 is 38.1 Å². The van der Waals surface area contributed by atoms with Gasteiger partial charge in [-0.15, -0.1) is 0 Å². The average molecular weight is 416 g/mol. The minimum Gasteiger partial charge on any atom is -0.472 e. The highest BCUT2D eigenvalue weighted by Gasteiger charge is 2.74. The molecule has 7 atom stereocenters. The van der Waals surface area contributed by atoms with Crippen LogP contribution < -0.4 is 0 Å². The lowest BCUT2D eigenvalue weighted by Gasteiger charge is -2.54. The van der Waals surface area contributed by atoms with Crippen LogP contribution in [-0.4, -0.2) is 46.7 Å². The van der Waals surface area contributed by atoms with Crippen LogP contribution in [0.25, 0.3) is 0 Å². The third kappa shape index (κ3) is 2.32. The fourth-order valence-corrected chi connectivity index (χ4v) is 5.84. The highest BCUT2D eigenvalue weighted by atomic mass is 16.6. The van der Waals surface area contributed by atoms with E-state index in [0.717, 1.165) is 0 Å². The van der Waals surface area contributed by atoms with E-state index in [1.807, 2.05) is 0 Å². The summed E-state index contributed by atoms with van der Waals surface area (Å²) in [5, 5.41) is 11.6. The number of Topliss-reactive ketones (excluding diaryl/α,β-unsaturated/α-hetero) is 1. The van der Waals surface area contributed by atoms with Gasteiger partial charge in [0, 0.05) is 25.3 Å². The van der Waals surface area contributed by atoms with Gasteiger partial charge in [0.05, 0.1) is 30.7 Å². The molecular formula is C22H24O8. The summed E-state index contributed by atoms with van der Waals surface area (Å²) in [4.78, 5) is 38.5. The molecule has 2 aliphatic carbocycles. The van der Waals surface area contributed by atoms with Gasteiger partial charge in [-0.2, -0.15) is 0 Å². The topological polar surface area (TPSA) is 116 Å². The summed E-state index contributed by atoms with van der Waals surface area (Å²) in [5.74, 6) is -2.86. The Morgan fingerprint density at radius 3 is 2.67 bits per heavy atom. The number of hydrogen-bond donors (Lipinski definition) is 1. The molecule has 4 fully saturated rings. The number of aliphatic hydroxyl groups is 1. The second-order valence-electron chi connectivity index (χ2n) is 9.06. The maximum Gasteiger partial charge on any atom is 0.320 e. The summed E-state index contributed by atoms with van der Waals surface area (Å²) in [6, 6.07) is 1.71. The molecule has 5 rings (SSSR count). The Labute approximate surface area is 173 Å². The number of ether oxygens (including phenoxy) is 3. The van der Waals surface area contributed by atoms with Crippen molar-refractivity contribution in [2.24, 2.45) is 17.3 Å². The second kappa shape index (κ2) is 6.04. The van der Waals surface area contributed by atoms with E-state index in [9.17, 15) is 19.5 Å². The fraction of sp³-hybridized carbons (Fsp3) is 0.591. The molecule has 30 heavy (non-hydrogen) atoms. The van der Waals surface area contributed by atoms with Crippen LogP contribution in [0.3, 0.4) is 0 Å². The normalized spacial score (nSPS) is 44.8. The Morgan fingerprint density at radius 1 is 1.33 bits per heavy atom. The van der Waals surface area contributed by atoms with Crippen LogP contribution in [-0.2, 0) is 28.6 Å². The molecule has 8 heteroatoms. The molecule has 160 valence electrons. The van der Waals surface area contributed by atoms with Crippen molar-refractivity contribution in [3.8, 4) is 0 Å². The number of furan rings is 1. The van der Waals surface area contributed by atoms with E-state index in [2.05, 4.69) is 6.58 Å². The number of carbonyl (C=O) groups excluding carboxylic acids is 3.